The van der Waals surface area contributed by atoms with Gasteiger partial charge in [0.25, 0.3) is 0 Å². The molecule has 0 fully saturated rings. The van der Waals surface area contributed by atoms with Gasteiger partial charge < -0.3 is 14.5 Å². The second-order valence-electron chi connectivity index (χ2n) is 5.17. The summed E-state index contributed by atoms with van der Waals surface area (Å²) in [5.41, 5.74) is 0.378. The average molecular weight is 366 g/mol. The molecule has 0 atom stereocenters. The van der Waals surface area contributed by atoms with E-state index in [1.54, 1.807) is 12.1 Å². The van der Waals surface area contributed by atoms with E-state index < -0.39 is 28.4 Å². The molecule has 0 aliphatic heterocycles. The van der Waals surface area contributed by atoms with Crippen molar-refractivity contribution >= 4 is 27.6 Å². The molecule has 1 aromatic carbocycles. The molecule has 8 nitrogen and oxygen atoms in total. The van der Waals surface area contributed by atoms with Crippen LogP contribution in [0.5, 0.6) is 0 Å². The molecule has 25 heavy (non-hydrogen) atoms. The van der Waals surface area contributed by atoms with E-state index in [1.165, 1.54) is 37.6 Å². The summed E-state index contributed by atoms with van der Waals surface area (Å²) in [6.07, 6.45) is 2.46. The fourth-order valence-electron chi connectivity index (χ4n) is 2.09. The Labute approximate surface area is 145 Å². The second-order valence-corrected chi connectivity index (χ2v) is 7.07. The van der Waals surface area contributed by atoms with E-state index in [-0.39, 0.29) is 17.8 Å². The molecular formula is C16H18N2O6S. The highest BCUT2D eigenvalue weighted by atomic mass is 32.2. The largest absolute Gasteiger partial charge is 0.467 e. The highest BCUT2D eigenvalue weighted by Crippen LogP contribution is 2.19. The van der Waals surface area contributed by atoms with Crippen LogP contribution in [0.1, 0.15) is 16.1 Å². The molecule has 2 aromatic rings. The lowest BCUT2D eigenvalue weighted by Gasteiger charge is -2.22. The molecular weight excluding hydrogens is 348 g/mol. The normalized spacial score (nSPS) is 11.0. The third-order valence-electron chi connectivity index (χ3n) is 3.28. The molecule has 134 valence electrons. The minimum absolute atomic E-state index is 0.144. The van der Waals surface area contributed by atoms with Crippen molar-refractivity contribution in [2.24, 2.45) is 0 Å². The first-order valence-electron chi connectivity index (χ1n) is 7.26. The maximum absolute atomic E-state index is 12.1. The van der Waals surface area contributed by atoms with Crippen LogP contribution in [0.3, 0.4) is 0 Å². The maximum atomic E-state index is 12.1. The zero-order chi connectivity index (χ0) is 18.4. The summed E-state index contributed by atoms with van der Waals surface area (Å²) in [5.74, 6) is -0.560. The first-order chi connectivity index (χ1) is 11.8. The van der Waals surface area contributed by atoms with Gasteiger partial charge in [0, 0.05) is 0 Å². The van der Waals surface area contributed by atoms with Crippen molar-refractivity contribution in [2.45, 2.75) is 6.54 Å². The van der Waals surface area contributed by atoms with E-state index in [9.17, 15) is 18.0 Å². The number of nitrogens with zero attached hydrogens (tertiary/aromatic N) is 1. The van der Waals surface area contributed by atoms with Crippen LogP contribution < -0.4 is 9.62 Å². The van der Waals surface area contributed by atoms with Crippen LogP contribution in [-0.4, -0.2) is 40.2 Å². The number of methoxy groups -OCH3 is 1. The number of ether oxygens (including phenoxy) is 1. The number of nitrogens with one attached hydrogen (secondary N) is 1. The van der Waals surface area contributed by atoms with Gasteiger partial charge in [-0.2, -0.15) is 0 Å². The summed E-state index contributed by atoms with van der Waals surface area (Å²) in [6.45, 7) is -0.282. The number of sulfonamides is 1. The molecule has 1 heterocycles. The Morgan fingerprint density at radius 2 is 2.00 bits per heavy atom. The number of rotatable bonds is 7. The Kier molecular flexibility index (Phi) is 5.81. The predicted molar refractivity (Wildman–Crippen MR) is 90.5 cm³/mol. The Morgan fingerprint density at radius 1 is 1.24 bits per heavy atom. The number of esters is 1. The Balaban J connectivity index is 2.16. The number of hydrogen-bond donors (Lipinski definition) is 1. The van der Waals surface area contributed by atoms with Crippen LogP contribution in [-0.2, 0) is 26.1 Å². The van der Waals surface area contributed by atoms with Crippen LogP contribution in [0, 0.1) is 0 Å². The Bertz CT molecular complexity index is 845. The fraction of sp³-hybridized carbons (Fsp3) is 0.250. The predicted octanol–water partition coefficient (Wildman–Crippen LogP) is 1.15. The minimum Gasteiger partial charge on any atom is -0.467 e. The molecule has 0 unspecified atom stereocenters. The Hall–Kier alpha value is -2.81. The second kappa shape index (κ2) is 7.84. The topological polar surface area (TPSA) is 106 Å². The molecule has 1 amide bonds. The molecule has 0 saturated carbocycles. The van der Waals surface area contributed by atoms with E-state index >= 15 is 0 Å². The van der Waals surface area contributed by atoms with Crippen LogP contribution in [0.15, 0.2) is 47.1 Å². The van der Waals surface area contributed by atoms with Gasteiger partial charge in [-0.1, -0.05) is 6.07 Å². The van der Waals surface area contributed by atoms with Crippen molar-refractivity contribution in [2.75, 3.05) is 24.2 Å². The van der Waals surface area contributed by atoms with Gasteiger partial charge >= 0.3 is 5.97 Å². The van der Waals surface area contributed by atoms with Crippen LogP contribution in [0.2, 0.25) is 0 Å². The lowest BCUT2D eigenvalue weighted by Crippen LogP contribution is -2.40. The fourth-order valence-corrected chi connectivity index (χ4v) is 2.94. The summed E-state index contributed by atoms with van der Waals surface area (Å²) >= 11 is 0. The third kappa shape index (κ3) is 5.08. The molecule has 0 radical (unpaired) electrons. The van der Waals surface area contributed by atoms with Gasteiger partial charge in [0.05, 0.1) is 37.4 Å². The van der Waals surface area contributed by atoms with Crippen molar-refractivity contribution in [3.8, 4) is 0 Å². The van der Waals surface area contributed by atoms with E-state index in [1.807, 2.05) is 0 Å². The number of carbonyl (C=O) groups is 2. The van der Waals surface area contributed by atoms with Gasteiger partial charge in [0.15, 0.2) is 0 Å². The molecule has 9 heteroatoms. The van der Waals surface area contributed by atoms with Gasteiger partial charge in [0.1, 0.15) is 12.3 Å². The summed E-state index contributed by atoms with van der Waals surface area (Å²) < 4.78 is 34.8. The van der Waals surface area contributed by atoms with E-state index in [4.69, 9.17) is 4.42 Å². The summed E-state index contributed by atoms with van der Waals surface area (Å²) in [6, 6.07) is 9.23. The maximum Gasteiger partial charge on any atom is 0.337 e. The van der Waals surface area contributed by atoms with Crippen molar-refractivity contribution in [3.05, 3.63) is 54.0 Å². The number of furan rings is 1. The van der Waals surface area contributed by atoms with Gasteiger partial charge in [-0.05, 0) is 30.3 Å². The summed E-state index contributed by atoms with van der Waals surface area (Å²) in [5, 5.41) is 2.58. The molecule has 2 rings (SSSR count). The molecule has 1 aromatic heterocycles. The molecule has 0 saturated heterocycles. The molecule has 0 aliphatic rings. The van der Waals surface area contributed by atoms with E-state index in [0.29, 0.717) is 5.76 Å². The first kappa shape index (κ1) is 18.5. The van der Waals surface area contributed by atoms with Crippen molar-refractivity contribution in [3.63, 3.8) is 0 Å². The lowest BCUT2D eigenvalue weighted by molar-refractivity contribution is -0.119. The number of hydrogen-bond acceptors (Lipinski definition) is 6. The van der Waals surface area contributed by atoms with E-state index in [0.717, 1.165) is 10.6 Å². The van der Waals surface area contributed by atoms with E-state index in [2.05, 4.69) is 10.1 Å². The monoisotopic (exact) mass is 366 g/mol. The smallest absolute Gasteiger partial charge is 0.337 e. The van der Waals surface area contributed by atoms with Crippen LogP contribution in [0.25, 0.3) is 0 Å². The van der Waals surface area contributed by atoms with Gasteiger partial charge in [0.2, 0.25) is 15.9 Å². The third-order valence-corrected chi connectivity index (χ3v) is 4.42. The van der Waals surface area contributed by atoms with Crippen LogP contribution in [0.4, 0.5) is 5.69 Å². The minimum atomic E-state index is -3.74. The summed E-state index contributed by atoms with van der Waals surface area (Å²) in [4.78, 5) is 23.7. The molecule has 0 aliphatic carbocycles. The standard InChI is InChI=1S/C16H18N2O6S/c1-23-16(20)12-5-3-6-13(9-12)18(25(2,21)22)11-15(19)17-10-14-7-4-8-24-14/h3-9H,10-11H2,1-2H3,(H,17,19). The number of anilines is 1. The summed E-state index contributed by atoms with van der Waals surface area (Å²) in [7, 11) is -2.51. The number of benzene rings is 1. The first-order valence-corrected chi connectivity index (χ1v) is 9.11. The van der Waals surface area contributed by atoms with Crippen molar-refractivity contribution in [1.82, 2.24) is 5.32 Å². The zero-order valence-electron chi connectivity index (χ0n) is 13.8. The van der Waals surface area contributed by atoms with Gasteiger partial charge in [-0.25, -0.2) is 13.2 Å². The van der Waals surface area contributed by atoms with Gasteiger partial charge in [-0.3, -0.25) is 9.10 Å². The number of carbonyl (C=O) groups excluding carboxylic acids is 2. The quantitative estimate of drug-likeness (QED) is 0.737. The van der Waals surface area contributed by atoms with Gasteiger partial charge in [-0.15, -0.1) is 0 Å². The molecule has 0 spiro atoms. The highest BCUT2D eigenvalue weighted by molar-refractivity contribution is 7.92. The highest BCUT2D eigenvalue weighted by Gasteiger charge is 2.22. The molecule has 0 bridgehead atoms. The average Bonchev–Trinajstić information content (AvgIpc) is 3.09. The zero-order valence-corrected chi connectivity index (χ0v) is 14.6. The molecule has 1 N–H and O–H groups in total. The SMILES string of the molecule is COC(=O)c1cccc(N(CC(=O)NCc2ccco2)S(C)(=O)=O)c1. The lowest BCUT2D eigenvalue weighted by atomic mass is 10.2. The van der Waals surface area contributed by atoms with Crippen molar-refractivity contribution < 1.29 is 27.2 Å². The van der Waals surface area contributed by atoms with Crippen LogP contribution >= 0.6 is 0 Å². The Morgan fingerprint density at radius 3 is 2.60 bits per heavy atom. The van der Waals surface area contributed by atoms with Crippen molar-refractivity contribution in [1.29, 1.82) is 0 Å². The number of amides is 1.